The quantitative estimate of drug-likeness (QED) is 0.802. The summed E-state index contributed by atoms with van der Waals surface area (Å²) in [5, 5.41) is 9.06. The SMILES string of the molecule is CC(OCC1CCCCO1)C(=O)N1CC(C(=O)O)O[C@H](C)C1. The number of amides is 1. The van der Waals surface area contributed by atoms with Crippen LogP contribution in [0, 0.1) is 0 Å². The Kier molecular flexibility index (Phi) is 6.16. The van der Waals surface area contributed by atoms with Gasteiger partial charge in [0.25, 0.3) is 5.91 Å². The summed E-state index contributed by atoms with van der Waals surface area (Å²) in [7, 11) is 0. The average molecular weight is 315 g/mol. The molecule has 0 aliphatic carbocycles. The molecule has 2 fully saturated rings. The number of aliphatic carboxylic acids is 1. The van der Waals surface area contributed by atoms with Gasteiger partial charge in [0.1, 0.15) is 6.10 Å². The standard InChI is InChI=1S/C15H25NO6/c1-10-7-16(8-13(22-10)15(18)19)14(17)11(2)21-9-12-5-3-4-6-20-12/h10-13H,3-9H2,1-2H3,(H,18,19)/t10-,11?,12?,13?/m1/s1. The predicted molar refractivity (Wildman–Crippen MR) is 77.6 cm³/mol. The maximum absolute atomic E-state index is 12.4. The molecule has 0 aromatic carbocycles. The summed E-state index contributed by atoms with van der Waals surface area (Å²) in [5.74, 6) is -1.24. The summed E-state index contributed by atoms with van der Waals surface area (Å²) in [4.78, 5) is 25.0. The maximum Gasteiger partial charge on any atom is 0.334 e. The molecule has 0 aromatic rings. The summed E-state index contributed by atoms with van der Waals surface area (Å²) in [6.07, 6.45) is 1.33. The monoisotopic (exact) mass is 315 g/mol. The van der Waals surface area contributed by atoms with Gasteiger partial charge in [-0.1, -0.05) is 0 Å². The lowest BCUT2D eigenvalue weighted by molar-refractivity contribution is -0.171. The average Bonchev–Trinajstić information content (AvgIpc) is 2.52. The molecule has 0 aromatic heterocycles. The van der Waals surface area contributed by atoms with Crippen LogP contribution in [0.2, 0.25) is 0 Å². The second-order valence-corrected chi connectivity index (χ2v) is 5.98. The fraction of sp³-hybridized carbons (Fsp3) is 0.867. The van der Waals surface area contributed by atoms with Gasteiger partial charge in [0, 0.05) is 13.2 Å². The number of hydrogen-bond acceptors (Lipinski definition) is 5. The lowest BCUT2D eigenvalue weighted by atomic mass is 10.1. The van der Waals surface area contributed by atoms with E-state index in [0.29, 0.717) is 13.2 Å². The molecule has 2 aliphatic rings. The van der Waals surface area contributed by atoms with Crippen LogP contribution < -0.4 is 0 Å². The van der Waals surface area contributed by atoms with E-state index in [1.54, 1.807) is 13.8 Å². The van der Waals surface area contributed by atoms with Crippen LogP contribution in [-0.4, -0.2) is 72.6 Å². The molecule has 1 amide bonds. The van der Waals surface area contributed by atoms with Crippen LogP contribution in [0.1, 0.15) is 33.1 Å². The molecular formula is C15H25NO6. The van der Waals surface area contributed by atoms with Crippen molar-refractivity contribution in [2.75, 3.05) is 26.3 Å². The third-order valence-corrected chi connectivity index (χ3v) is 4.00. The minimum atomic E-state index is -1.05. The van der Waals surface area contributed by atoms with E-state index < -0.39 is 18.2 Å². The molecule has 0 saturated carbocycles. The zero-order chi connectivity index (χ0) is 16.1. The number of carbonyl (C=O) groups is 2. The van der Waals surface area contributed by atoms with Gasteiger partial charge >= 0.3 is 5.97 Å². The van der Waals surface area contributed by atoms with Gasteiger partial charge in [0.2, 0.25) is 0 Å². The fourth-order valence-electron chi connectivity index (χ4n) is 2.79. The van der Waals surface area contributed by atoms with E-state index in [0.717, 1.165) is 25.9 Å². The van der Waals surface area contributed by atoms with Gasteiger partial charge in [-0.15, -0.1) is 0 Å². The van der Waals surface area contributed by atoms with E-state index in [1.165, 1.54) is 4.90 Å². The Hall–Kier alpha value is -1.18. The zero-order valence-corrected chi connectivity index (χ0v) is 13.2. The van der Waals surface area contributed by atoms with Crippen LogP contribution in [0.15, 0.2) is 0 Å². The molecule has 0 radical (unpaired) electrons. The first-order valence-corrected chi connectivity index (χ1v) is 7.87. The van der Waals surface area contributed by atoms with E-state index >= 15 is 0 Å². The predicted octanol–water partition coefficient (Wildman–Crippen LogP) is 0.661. The van der Waals surface area contributed by atoms with Crippen LogP contribution in [-0.2, 0) is 23.8 Å². The van der Waals surface area contributed by atoms with Crippen molar-refractivity contribution in [3.63, 3.8) is 0 Å². The van der Waals surface area contributed by atoms with Crippen LogP contribution in [0.25, 0.3) is 0 Å². The van der Waals surface area contributed by atoms with Gasteiger partial charge in [-0.05, 0) is 33.1 Å². The van der Waals surface area contributed by atoms with Crippen molar-refractivity contribution >= 4 is 11.9 Å². The summed E-state index contributed by atoms with van der Waals surface area (Å²) < 4.78 is 16.5. The molecule has 4 atom stereocenters. The molecule has 2 heterocycles. The number of carboxylic acid groups (broad SMARTS) is 1. The van der Waals surface area contributed by atoms with Gasteiger partial charge in [-0.3, -0.25) is 4.79 Å². The summed E-state index contributed by atoms with van der Waals surface area (Å²) in [6.45, 7) is 5.05. The van der Waals surface area contributed by atoms with Crippen molar-refractivity contribution in [3.05, 3.63) is 0 Å². The highest BCUT2D eigenvalue weighted by Gasteiger charge is 2.34. The van der Waals surface area contributed by atoms with Crippen LogP contribution in [0.5, 0.6) is 0 Å². The highest BCUT2D eigenvalue weighted by atomic mass is 16.5. The van der Waals surface area contributed by atoms with Crippen LogP contribution in [0.3, 0.4) is 0 Å². The second-order valence-electron chi connectivity index (χ2n) is 5.98. The topological polar surface area (TPSA) is 85.3 Å². The number of rotatable bonds is 5. The Morgan fingerprint density at radius 2 is 2.14 bits per heavy atom. The number of morpholine rings is 1. The van der Waals surface area contributed by atoms with Crippen molar-refractivity contribution in [1.29, 1.82) is 0 Å². The van der Waals surface area contributed by atoms with Crippen molar-refractivity contribution in [3.8, 4) is 0 Å². The molecule has 22 heavy (non-hydrogen) atoms. The lowest BCUT2D eigenvalue weighted by Crippen LogP contribution is -2.54. The number of ether oxygens (including phenoxy) is 3. The summed E-state index contributed by atoms with van der Waals surface area (Å²) in [6, 6.07) is 0. The highest BCUT2D eigenvalue weighted by Crippen LogP contribution is 2.16. The number of carboxylic acids is 1. The summed E-state index contributed by atoms with van der Waals surface area (Å²) >= 11 is 0. The molecule has 126 valence electrons. The van der Waals surface area contributed by atoms with E-state index in [-0.39, 0.29) is 24.7 Å². The zero-order valence-electron chi connectivity index (χ0n) is 13.2. The third kappa shape index (κ3) is 4.66. The Balaban J connectivity index is 1.82. The molecule has 7 nitrogen and oxygen atoms in total. The first-order valence-electron chi connectivity index (χ1n) is 7.87. The first kappa shape index (κ1) is 17.2. The van der Waals surface area contributed by atoms with Gasteiger partial charge in [-0.2, -0.15) is 0 Å². The molecule has 2 saturated heterocycles. The number of hydrogen-bond donors (Lipinski definition) is 1. The Morgan fingerprint density at radius 3 is 2.77 bits per heavy atom. The Bertz CT molecular complexity index is 395. The molecule has 0 spiro atoms. The second kappa shape index (κ2) is 7.89. The smallest absolute Gasteiger partial charge is 0.334 e. The minimum absolute atomic E-state index is 0.0550. The molecule has 2 aliphatic heterocycles. The molecule has 1 N–H and O–H groups in total. The van der Waals surface area contributed by atoms with Crippen LogP contribution in [0.4, 0.5) is 0 Å². The van der Waals surface area contributed by atoms with E-state index in [4.69, 9.17) is 19.3 Å². The van der Waals surface area contributed by atoms with Crippen LogP contribution >= 0.6 is 0 Å². The maximum atomic E-state index is 12.4. The first-order chi connectivity index (χ1) is 10.5. The third-order valence-electron chi connectivity index (χ3n) is 4.00. The van der Waals surface area contributed by atoms with Gasteiger partial charge < -0.3 is 24.2 Å². The van der Waals surface area contributed by atoms with Gasteiger partial charge in [0.05, 0.1) is 25.4 Å². The molecule has 7 heteroatoms. The van der Waals surface area contributed by atoms with Crippen molar-refractivity contribution < 1.29 is 28.9 Å². The van der Waals surface area contributed by atoms with Crippen molar-refractivity contribution in [2.24, 2.45) is 0 Å². The number of carbonyl (C=O) groups excluding carboxylic acids is 1. The Labute approximate surface area is 130 Å². The lowest BCUT2D eigenvalue weighted by Gasteiger charge is -2.36. The van der Waals surface area contributed by atoms with Crippen molar-refractivity contribution in [2.45, 2.75) is 57.5 Å². The van der Waals surface area contributed by atoms with Crippen molar-refractivity contribution in [1.82, 2.24) is 4.90 Å². The van der Waals surface area contributed by atoms with E-state index in [1.807, 2.05) is 0 Å². The molecular weight excluding hydrogens is 290 g/mol. The number of nitrogens with zero attached hydrogens (tertiary/aromatic N) is 1. The molecule has 2 rings (SSSR count). The highest BCUT2D eigenvalue weighted by molar-refractivity contribution is 5.82. The normalized spacial score (nSPS) is 30.8. The largest absolute Gasteiger partial charge is 0.479 e. The molecule has 0 bridgehead atoms. The van der Waals surface area contributed by atoms with Gasteiger partial charge in [0.15, 0.2) is 6.10 Å². The fourth-order valence-corrected chi connectivity index (χ4v) is 2.79. The van der Waals surface area contributed by atoms with E-state index in [9.17, 15) is 9.59 Å². The Morgan fingerprint density at radius 1 is 1.36 bits per heavy atom. The molecule has 3 unspecified atom stereocenters. The van der Waals surface area contributed by atoms with E-state index in [2.05, 4.69) is 0 Å². The minimum Gasteiger partial charge on any atom is -0.479 e. The van der Waals surface area contributed by atoms with Gasteiger partial charge in [-0.25, -0.2) is 4.79 Å². The summed E-state index contributed by atoms with van der Waals surface area (Å²) in [5.41, 5.74) is 0.